The van der Waals surface area contributed by atoms with Crippen molar-refractivity contribution in [2.45, 2.75) is 19.4 Å². The zero-order valence-electron chi connectivity index (χ0n) is 18.1. The van der Waals surface area contributed by atoms with Gasteiger partial charge in [-0.2, -0.15) is 0 Å². The predicted molar refractivity (Wildman–Crippen MR) is 128 cm³/mol. The van der Waals surface area contributed by atoms with Crippen LogP contribution < -0.4 is 9.64 Å². The molecule has 0 saturated carbocycles. The number of anilines is 2. The van der Waals surface area contributed by atoms with Crippen molar-refractivity contribution in [3.63, 3.8) is 0 Å². The molecule has 0 fully saturated rings. The normalized spacial score (nSPS) is 13.1. The van der Waals surface area contributed by atoms with Crippen molar-refractivity contribution < 1.29 is 19.4 Å². The first-order chi connectivity index (χ1) is 15.7. The molecule has 3 aromatic rings. The first kappa shape index (κ1) is 21.7. The van der Waals surface area contributed by atoms with E-state index >= 15 is 0 Å². The van der Waals surface area contributed by atoms with Crippen LogP contribution in [0.25, 0.3) is 12.2 Å². The third kappa shape index (κ3) is 5.01. The maximum Gasteiger partial charge on any atom is 0.333 e. The van der Waals surface area contributed by atoms with Crippen LogP contribution in [0.1, 0.15) is 23.6 Å². The van der Waals surface area contributed by atoms with E-state index in [1.807, 2.05) is 24.3 Å². The van der Waals surface area contributed by atoms with Crippen LogP contribution in [0.4, 0.5) is 11.4 Å². The third-order valence-electron chi connectivity index (χ3n) is 5.47. The molecular formula is C27H27NO4. The van der Waals surface area contributed by atoms with E-state index in [-0.39, 0.29) is 0 Å². The van der Waals surface area contributed by atoms with Gasteiger partial charge < -0.3 is 19.5 Å². The summed E-state index contributed by atoms with van der Waals surface area (Å²) in [7, 11) is 0. The van der Waals surface area contributed by atoms with E-state index in [1.165, 1.54) is 11.1 Å². The van der Waals surface area contributed by atoms with Crippen molar-refractivity contribution >= 4 is 29.5 Å². The quantitative estimate of drug-likeness (QED) is 0.492. The zero-order valence-corrected chi connectivity index (χ0v) is 18.1. The van der Waals surface area contributed by atoms with E-state index < -0.39 is 12.1 Å². The van der Waals surface area contributed by atoms with Crippen LogP contribution in [0.3, 0.4) is 0 Å². The number of rotatable bonds is 9. The summed E-state index contributed by atoms with van der Waals surface area (Å²) in [4.78, 5) is 13.6. The summed E-state index contributed by atoms with van der Waals surface area (Å²) in [6, 6.07) is 24.3. The molecule has 0 radical (unpaired) electrons. The van der Waals surface area contributed by atoms with Gasteiger partial charge >= 0.3 is 5.97 Å². The number of carboxylic acids is 1. The van der Waals surface area contributed by atoms with Crippen molar-refractivity contribution in [1.29, 1.82) is 0 Å². The second-order valence-corrected chi connectivity index (χ2v) is 7.58. The second kappa shape index (κ2) is 10.2. The van der Waals surface area contributed by atoms with E-state index in [0.29, 0.717) is 26.2 Å². The summed E-state index contributed by atoms with van der Waals surface area (Å²) in [6.07, 6.45) is 3.81. The van der Waals surface area contributed by atoms with Crippen molar-refractivity contribution in [1.82, 2.24) is 0 Å². The van der Waals surface area contributed by atoms with E-state index in [4.69, 9.17) is 9.47 Å². The van der Waals surface area contributed by atoms with Crippen LogP contribution in [-0.2, 0) is 16.0 Å². The standard InChI is InChI=1S/C27H27NO4/c1-2-31-26(27(29)30)19-20-11-15-23(16-12-20)32-18-17-28-24-9-5-3-7-21(24)13-14-22-8-4-6-10-25(22)28/h3-16,26H,2,17-19H2,1H3,(H,29,30). The fourth-order valence-electron chi connectivity index (χ4n) is 3.91. The number of carboxylic acid groups (broad SMARTS) is 1. The molecule has 1 aliphatic heterocycles. The number of benzene rings is 3. The van der Waals surface area contributed by atoms with Crippen LogP contribution in [0.5, 0.6) is 5.75 Å². The Morgan fingerprint density at radius 3 is 2.06 bits per heavy atom. The Morgan fingerprint density at radius 1 is 0.906 bits per heavy atom. The Balaban J connectivity index is 1.42. The first-order valence-electron chi connectivity index (χ1n) is 10.9. The number of fused-ring (bicyclic) bond motifs is 2. The topological polar surface area (TPSA) is 59.0 Å². The van der Waals surface area contributed by atoms with Gasteiger partial charge in [0.2, 0.25) is 0 Å². The molecule has 1 heterocycles. The van der Waals surface area contributed by atoms with Crippen LogP contribution >= 0.6 is 0 Å². The number of nitrogens with zero attached hydrogens (tertiary/aromatic N) is 1. The molecule has 1 aliphatic rings. The van der Waals surface area contributed by atoms with Crippen LogP contribution in [-0.4, -0.2) is 36.9 Å². The second-order valence-electron chi connectivity index (χ2n) is 7.58. The number of hydrogen-bond donors (Lipinski definition) is 1. The van der Waals surface area contributed by atoms with E-state index in [1.54, 1.807) is 6.92 Å². The highest BCUT2D eigenvalue weighted by atomic mass is 16.5. The maximum atomic E-state index is 11.3. The molecule has 0 aliphatic carbocycles. The summed E-state index contributed by atoms with van der Waals surface area (Å²) >= 11 is 0. The molecule has 32 heavy (non-hydrogen) atoms. The van der Waals surface area contributed by atoms with Gasteiger partial charge in [-0.1, -0.05) is 60.7 Å². The maximum absolute atomic E-state index is 11.3. The van der Waals surface area contributed by atoms with Gasteiger partial charge in [-0.3, -0.25) is 0 Å². The number of para-hydroxylation sites is 2. The summed E-state index contributed by atoms with van der Waals surface area (Å²) in [6.45, 7) is 3.38. The van der Waals surface area contributed by atoms with Crippen molar-refractivity contribution in [2.24, 2.45) is 0 Å². The molecule has 164 valence electrons. The van der Waals surface area contributed by atoms with Gasteiger partial charge in [-0.15, -0.1) is 0 Å². The monoisotopic (exact) mass is 429 g/mol. The van der Waals surface area contributed by atoms with Crippen molar-refractivity contribution in [2.75, 3.05) is 24.7 Å². The Kier molecular flexibility index (Phi) is 6.87. The van der Waals surface area contributed by atoms with Crippen LogP contribution in [0, 0.1) is 0 Å². The smallest absolute Gasteiger partial charge is 0.333 e. The van der Waals surface area contributed by atoms with Gasteiger partial charge in [0.15, 0.2) is 6.10 Å². The largest absolute Gasteiger partial charge is 0.492 e. The van der Waals surface area contributed by atoms with E-state index in [0.717, 1.165) is 22.7 Å². The van der Waals surface area contributed by atoms with Gasteiger partial charge in [0.1, 0.15) is 12.4 Å². The molecule has 4 rings (SSSR count). The zero-order chi connectivity index (χ0) is 22.3. The molecule has 1 atom stereocenters. The Bertz CT molecular complexity index is 1040. The molecule has 1 N–H and O–H groups in total. The minimum atomic E-state index is -0.945. The number of carbonyl (C=O) groups is 1. The lowest BCUT2D eigenvalue weighted by molar-refractivity contribution is -0.149. The Morgan fingerprint density at radius 2 is 1.50 bits per heavy atom. The summed E-state index contributed by atoms with van der Waals surface area (Å²) < 4.78 is 11.3. The fourth-order valence-corrected chi connectivity index (χ4v) is 3.91. The van der Waals surface area contributed by atoms with Gasteiger partial charge in [-0.05, 0) is 47.9 Å². The summed E-state index contributed by atoms with van der Waals surface area (Å²) in [5.41, 5.74) is 5.57. The van der Waals surface area contributed by atoms with Crippen molar-refractivity contribution in [3.8, 4) is 5.75 Å². The molecule has 1 unspecified atom stereocenters. The molecular weight excluding hydrogens is 402 g/mol. The molecule has 3 aromatic carbocycles. The average molecular weight is 430 g/mol. The number of aliphatic carboxylic acids is 1. The van der Waals surface area contributed by atoms with Gasteiger partial charge in [0.25, 0.3) is 0 Å². The highest BCUT2D eigenvalue weighted by molar-refractivity contribution is 5.88. The SMILES string of the molecule is CCOC(Cc1ccc(OCCN2c3ccccc3C=Cc3ccccc32)cc1)C(=O)O. The van der Waals surface area contributed by atoms with Crippen LogP contribution in [0.2, 0.25) is 0 Å². The Hall–Kier alpha value is -3.57. The number of ether oxygens (including phenoxy) is 2. The molecule has 0 aromatic heterocycles. The van der Waals surface area contributed by atoms with Crippen LogP contribution in [0.15, 0.2) is 72.8 Å². The van der Waals surface area contributed by atoms with Gasteiger partial charge in [-0.25, -0.2) is 4.79 Å². The predicted octanol–water partition coefficient (Wildman–Crippen LogP) is 5.42. The fraction of sp³-hybridized carbons (Fsp3) is 0.222. The number of hydrogen-bond acceptors (Lipinski definition) is 4. The Labute approximate surface area is 188 Å². The molecule has 0 spiro atoms. The lowest BCUT2D eigenvalue weighted by Gasteiger charge is -2.27. The lowest BCUT2D eigenvalue weighted by atomic mass is 10.1. The highest BCUT2D eigenvalue weighted by Gasteiger charge is 2.19. The van der Waals surface area contributed by atoms with Gasteiger partial charge in [0, 0.05) is 24.4 Å². The van der Waals surface area contributed by atoms with E-state index in [9.17, 15) is 9.90 Å². The highest BCUT2D eigenvalue weighted by Crippen LogP contribution is 2.35. The van der Waals surface area contributed by atoms with Gasteiger partial charge in [0.05, 0.1) is 6.54 Å². The molecule has 0 saturated heterocycles. The minimum Gasteiger partial charge on any atom is -0.492 e. The molecule has 0 amide bonds. The summed E-state index contributed by atoms with van der Waals surface area (Å²) in [5, 5.41) is 9.26. The molecule has 5 nitrogen and oxygen atoms in total. The minimum absolute atomic E-state index is 0.331. The van der Waals surface area contributed by atoms with Crippen molar-refractivity contribution in [3.05, 3.63) is 89.5 Å². The third-order valence-corrected chi connectivity index (χ3v) is 5.47. The molecule has 0 bridgehead atoms. The first-order valence-corrected chi connectivity index (χ1v) is 10.9. The average Bonchev–Trinajstić information content (AvgIpc) is 2.97. The summed E-state index contributed by atoms with van der Waals surface area (Å²) in [5.74, 6) is -0.189. The van der Waals surface area contributed by atoms with E-state index in [2.05, 4.69) is 65.6 Å². The molecule has 5 heteroatoms. The lowest BCUT2D eigenvalue weighted by Crippen LogP contribution is -2.26.